The van der Waals surface area contributed by atoms with E-state index in [1.165, 1.54) is 25.1 Å². The molecule has 0 bridgehead atoms. The van der Waals surface area contributed by atoms with Crippen LogP contribution < -0.4 is 10.6 Å². The number of nitrogens with zero attached hydrogens (tertiary/aromatic N) is 2. The predicted octanol–water partition coefficient (Wildman–Crippen LogP) is 2.54. The molecule has 3 heterocycles. The Morgan fingerprint density at radius 3 is 2.41 bits per heavy atom. The number of rotatable bonds is 7. The van der Waals surface area contributed by atoms with Crippen molar-refractivity contribution in [2.24, 2.45) is 5.92 Å². The Bertz CT molecular complexity index is 1150. The van der Waals surface area contributed by atoms with Gasteiger partial charge in [-0.3, -0.25) is 34.3 Å². The monoisotopic (exact) mass is 460 g/mol. The molecule has 2 aromatic rings. The van der Waals surface area contributed by atoms with Crippen LogP contribution in [0.15, 0.2) is 42.5 Å². The van der Waals surface area contributed by atoms with Crippen LogP contribution in [0.2, 0.25) is 0 Å². The molecular weight excluding hydrogens is 432 g/mol. The zero-order valence-corrected chi connectivity index (χ0v) is 19.2. The van der Waals surface area contributed by atoms with E-state index in [0.29, 0.717) is 12.2 Å². The van der Waals surface area contributed by atoms with E-state index in [0.717, 1.165) is 22.9 Å². The lowest BCUT2D eigenvalue weighted by Crippen LogP contribution is -2.54. The second-order valence-corrected chi connectivity index (χ2v) is 9.31. The molecule has 2 N–H and O–H groups in total. The molecule has 0 aromatic heterocycles. The van der Waals surface area contributed by atoms with Crippen molar-refractivity contribution in [3.63, 3.8) is 0 Å². The normalized spacial score (nSPS) is 20.9. The highest BCUT2D eigenvalue weighted by molar-refractivity contribution is 6.25. The Morgan fingerprint density at radius 1 is 0.971 bits per heavy atom. The number of nitrogens with one attached hydrogen (secondary N) is 2. The Labute approximate surface area is 198 Å². The van der Waals surface area contributed by atoms with E-state index in [1.54, 1.807) is 18.2 Å². The first-order valence-corrected chi connectivity index (χ1v) is 11.8. The molecule has 0 radical (unpaired) electrons. The van der Waals surface area contributed by atoms with E-state index in [4.69, 9.17) is 0 Å². The lowest BCUT2D eigenvalue weighted by atomic mass is 9.96. The summed E-state index contributed by atoms with van der Waals surface area (Å²) in [4.78, 5) is 53.3. The molecule has 4 amide bonds. The molecule has 3 aliphatic rings. The summed E-state index contributed by atoms with van der Waals surface area (Å²) in [6, 6.07) is 12.5. The molecule has 0 saturated carbocycles. The summed E-state index contributed by atoms with van der Waals surface area (Å²) in [6.45, 7) is 6.03. The van der Waals surface area contributed by atoms with E-state index in [2.05, 4.69) is 46.7 Å². The Balaban J connectivity index is 1.26. The fourth-order valence-electron chi connectivity index (χ4n) is 4.94. The Kier molecular flexibility index (Phi) is 5.91. The number of hydrogen-bond donors (Lipinski definition) is 2. The molecule has 2 fully saturated rings. The quantitative estimate of drug-likeness (QED) is 0.616. The molecule has 2 saturated heterocycles. The molecule has 5 rings (SSSR count). The Morgan fingerprint density at radius 2 is 1.71 bits per heavy atom. The predicted molar refractivity (Wildman–Crippen MR) is 126 cm³/mol. The summed E-state index contributed by atoms with van der Waals surface area (Å²) >= 11 is 0. The number of anilines is 1. The van der Waals surface area contributed by atoms with Crippen LogP contribution in [0.4, 0.5) is 5.69 Å². The smallest absolute Gasteiger partial charge is 0.264 e. The number of piperidine rings is 1. The van der Waals surface area contributed by atoms with Crippen LogP contribution >= 0.6 is 0 Å². The molecule has 2 aromatic carbocycles. The summed E-state index contributed by atoms with van der Waals surface area (Å²) in [5.74, 6) is -1.17. The average molecular weight is 461 g/mol. The second-order valence-electron chi connectivity index (χ2n) is 9.31. The fraction of sp³-hybridized carbons (Fsp3) is 0.385. The number of fused-ring (bicyclic) bond motifs is 1. The van der Waals surface area contributed by atoms with Gasteiger partial charge in [-0.15, -0.1) is 0 Å². The molecule has 176 valence electrons. The van der Waals surface area contributed by atoms with Gasteiger partial charge < -0.3 is 5.32 Å². The van der Waals surface area contributed by atoms with E-state index in [1.807, 2.05) is 0 Å². The molecule has 1 unspecified atom stereocenters. The molecule has 8 heteroatoms. The minimum atomic E-state index is -0.968. The van der Waals surface area contributed by atoms with Gasteiger partial charge in [0.1, 0.15) is 6.04 Å². The first-order chi connectivity index (χ1) is 16.4. The van der Waals surface area contributed by atoms with Gasteiger partial charge in [-0.1, -0.05) is 43.7 Å². The van der Waals surface area contributed by atoms with E-state index >= 15 is 0 Å². The van der Waals surface area contributed by atoms with Crippen LogP contribution in [-0.2, 0) is 22.7 Å². The summed E-state index contributed by atoms with van der Waals surface area (Å²) < 4.78 is 0. The van der Waals surface area contributed by atoms with Crippen molar-refractivity contribution in [1.82, 2.24) is 15.1 Å². The van der Waals surface area contributed by atoms with Gasteiger partial charge in [0.05, 0.1) is 11.1 Å². The highest BCUT2D eigenvalue weighted by Crippen LogP contribution is 2.32. The lowest BCUT2D eigenvalue weighted by molar-refractivity contribution is -0.136. The van der Waals surface area contributed by atoms with Gasteiger partial charge in [-0.25, -0.2) is 0 Å². The zero-order chi connectivity index (χ0) is 23.8. The number of carbonyl (C=O) groups excluding carboxylic acids is 4. The van der Waals surface area contributed by atoms with Gasteiger partial charge in [-0.2, -0.15) is 0 Å². The van der Waals surface area contributed by atoms with Crippen LogP contribution in [0.5, 0.6) is 0 Å². The van der Waals surface area contributed by atoms with Gasteiger partial charge in [-0.05, 0) is 35.6 Å². The van der Waals surface area contributed by atoms with Crippen LogP contribution in [-0.4, -0.2) is 52.6 Å². The van der Waals surface area contributed by atoms with Gasteiger partial charge in [0.15, 0.2) is 0 Å². The molecular formula is C26H28N4O4. The largest absolute Gasteiger partial charge is 0.380 e. The zero-order valence-electron chi connectivity index (χ0n) is 19.2. The maximum atomic E-state index is 13.2. The second kappa shape index (κ2) is 9.02. The SMILES string of the molecule is CCC1CN(Cc2ccc(CNc3cccc4c3C(=O)N(C3CCC(=O)NC3=O)C4=O)cc2)C1. The van der Waals surface area contributed by atoms with Crippen molar-refractivity contribution in [2.45, 2.75) is 45.3 Å². The molecule has 8 nitrogen and oxygen atoms in total. The first kappa shape index (κ1) is 22.3. The molecule has 34 heavy (non-hydrogen) atoms. The number of likely N-dealkylation sites (tertiary alicyclic amines) is 1. The minimum Gasteiger partial charge on any atom is -0.380 e. The average Bonchev–Trinajstić information content (AvgIpc) is 3.06. The molecule has 0 spiro atoms. The van der Waals surface area contributed by atoms with E-state index in [9.17, 15) is 19.2 Å². The van der Waals surface area contributed by atoms with Crippen molar-refractivity contribution in [1.29, 1.82) is 0 Å². The third-order valence-corrected chi connectivity index (χ3v) is 6.99. The van der Waals surface area contributed by atoms with Crippen LogP contribution in [0, 0.1) is 5.92 Å². The summed E-state index contributed by atoms with van der Waals surface area (Å²) in [5, 5.41) is 5.51. The van der Waals surface area contributed by atoms with Crippen molar-refractivity contribution < 1.29 is 19.2 Å². The topological polar surface area (TPSA) is 98.8 Å². The van der Waals surface area contributed by atoms with Crippen molar-refractivity contribution in [2.75, 3.05) is 18.4 Å². The van der Waals surface area contributed by atoms with Crippen molar-refractivity contribution in [3.05, 3.63) is 64.7 Å². The first-order valence-electron chi connectivity index (χ1n) is 11.8. The standard InChI is InChI=1S/C26H28N4O4/c1-2-16-13-29(14-16)15-18-8-6-17(7-9-18)12-27-20-5-3-4-19-23(20)26(34)30(25(19)33)21-10-11-22(31)28-24(21)32/h3-9,16,21,27H,2,10-15H2,1H3,(H,28,31,32). The van der Waals surface area contributed by atoms with Gasteiger partial charge in [0, 0.05) is 38.3 Å². The Hall–Kier alpha value is -3.52. The number of imide groups is 2. The maximum absolute atomic E-state index is 13.2. The highest BCUT2D eigenvalue weighted by atomic mass is 16.2. The van der Waals surface area contributed by atoms with Gasteiger partial charge in [0.2, 0.25) is 11.8 Å². The third kappa shape index (κ3) is 4.09. The lowest BCUT2D eigenvalue weighted by Gasteiger charge is -2.38. The summed E-state index contributed by atoms with van der Waals surface area (Å²) in [5.41, 5.74) is 3.45. The molecule has 1 atom stereocenters. The maximum Gasteiger partial charge on any atom is 0.264 e. The fourth-order valence-corrected chi connectivity index (χ4v) is 4.94. The molecule has 3 aliphatic heterocycles. The van der Waals surface area contributed by atoms with Gasteiger partial charge >= 0.3 is 0 Å². The van der Waals surface area contributed by atoms with Crippen LogP contribution in [0.1, 0.15) is 58.0 Å². The number of hydrogen-bond acceptors (Lipinski definition) is 6. The summed E-state index contributed by atoms with van der Waals surface area (Å²) in [7, 11) is 0. The van der Waals surface area contributed by atoms with E-state index < -0.39 is 23.8 Å². The minimum absolute atomic E-state index is 0.0991. The van der Waals surface area contributed by atoms with Crippen molar-refractivity contribution >= 4 is 29.3 Å². The van der Waals surface area contributed by atoms with Gasteiger partial charge in [0.25, 0.3) is 11.8 Å². The number of carbonyl (C=O) groups is 4. The van der Waals surface area contributed by atoms with E-state index in [-0.39, 0.29) is 29.9 Å². The number of amides is 4. The highest BCUT2D eigenvalue weighted by Gasteiger charge is 2.45. The summed E-state index contributed by atoms with van der Waals surface area (Å²) in [6.07, 6.45) is 1.48. The number of benzene rings is 2. The van der Waals surface area contributed by atoms with Crippen LogP contribution in [0.25, 0.3) is 0 Å². The van der Waals surface area contributed by atoms with Crippen LogP contribution in [0.3, 0.4) is 0 Å². The van der Waals surface area contributed by atoms with Crippen molar-refractivity contribution in [3.8, 4) is 0 Å². The molecule has 0 aliphatic carbocycles. The third-order valence-electron chi connectivity index (χ3n) is 6.99.